The van der Waals surface area contributed by atoms with Crippen LogP contribution in [0.25, 0.3) is 0 Å². The van der Waals surface area contributed by atoms with Crippen molar-refractivity contribution in [2.45, 2.75) is 6.10 Å². The number of hydrogen-bond donors (Lipinski definition) is 2. The summed E-state index contributed by atoms with van der Waals surface area (Å²) in [5.74, 6) is 0.358. The van der Waals surface area contributed by atoms with E-state index in [4.69, 9.17) is 0 Å². The molecule has 2 aromatic rings. The van der Waals surface area contributed by atoms with E-state index in [-0.39, 0.29) is 0 Å². The fourth-order valence-corrected chi connectivity index (χ4v) is 1.65. The third-order valence-corrected chi connectivity index (χ3v) is 2.34. The molecule has 0 radical (unpaired) electrons. The Hall–Kier alpha value is -1.28. The first-order valence-electron chi connectivity index (χ1n) is 3.78. The number of aromatic amines is 1. The highest BCUT2D eigenvalue weighted by Crippen LogP contribution is 2.23. The molecule has 1 unspecified atom stereocenters. The smallest absolute Gasteiger partial charge is 0.159 e. The molecule has 2 aromatic heterocycles. The van der Waals surface area contributed by atoms with Gasteiger partial charge in [-0.1, -0.05) is 5.21 Å². The molecule has 0 aliphatic carbocycles. The summed E-state index contributed by atoms with van der Waals surface area (Å²) in [6.07, 6.45) is 0.419. The maximum absolute atomic E-state index is 9.87. The summed E-state index contributed by atoms with van der Waals surface area (Å²) in [7, 11) is 1.69. The van der Waals surface area contributed by atoms with E-state index in [0.29, 0.717) is 16.1 Å². The molecule has 0 aliphatic heterocycles. The van der Waals surface area contributed by atoms with Crippen LogP contribution in [0.3, 0.4) is 0 Å². The van der Waals surface area contributed by atoms with Crippen molar-refractivity contribution in [2.24, 2.45) is 7.05 Å². The van der Waals surface area contributed by atoms with Crippen molar-refractivity contribution in [1.82, 2.24) is 30.2 Å². The average molecular weight is 259 g/mol. The van der Waals surface area contributed by atoms with E-state index >= 15 is 0 Å². The van der Waals surface area contributed by atoms with Gasteiger partial charge in [-0.15, -0.1) is 5.10 Å². The zero-order valence-corrected chi connectivity index (χ0v) is 8.80. The number of halogens is 1. The summed E-state index contributed by atoms with van der Waals surface area (Å²) < 4.78 is 1.96. The van der Waals surface area contributed by atoms with Crippen LogP contribution in [-0.4, -0.2) is 35.3 Å². The highest BCUT2D eigenvalue weighted by molar-refractivity contribution is 9.10. The lowest BCUT2D eigenvalue weighted by Gasteiger charge is -2.06. The highest BCUT2D eigenvalue weighted by Gasteiger charge is 2.21. The maximum atomic E-state index is 9.87. The van der Waals surface area contributed by atoms with Crippen LogP contribution in [0.4, 0.5) is 0 Å². The van der Waals surface area contributed by atoms with Crippen LogP contribution in [0.5, 0.6) is 0 Å². The second-order valence-electron chi connectivity index (χ2n) is 2.66. The quantitative estimate of drug-likeness (QED) is 0.777. The van der Waals surface area contributed by atoms with Crippen molar-refractivity contribution in [1.29, 1.82) is 0 Å². The van der Waals surface area contributed by atoms with Crippen molar-refractivity contribution in [2.75, 3.05) is 0 Å². The van der Waals surface area contributed by atoms with Crippen LogP contribution in [0.2, 0.25) is 0 Å². The molecular formula is C6H7BrN6O. The van der Waals surface area contributed by atoms with Gasteiger partial charge in [0.2, 0.25) is 0 Å². The molecule has 14 heavy (non-hydrogen) atoms. The van der Waals surface area contributed by atoms with E-state index in [2.05, 4.69) is 41.4 Å². The number of aliphatic hydroxyl groups excluding tert-OH is 1. The molecule has 0 amide bonds. The second-order valence-corrected chi connectivity index (χ2v) is 3.41. The number of nitrogens with zero attached hydrogens (tertiary/aromatic N) is 5. The molecule has 1 atom stereocenters. The van der Waals surface area contributed by atoms with Gasteiger partial charge >= 0.3 is 0 Å². The minimum absolute atomic E-state index is 0.358. The normalized spacial score (nSPS) is 13.1. The van der Waals surface area contributed by atoms with Gasteiger partial charge in [-0.05, 0) is 15.9 Å². The zero-order valence-electron chi connectivity index (χ0n) is 7.22. The predicted octanol–water partition coefficient (Wildman–Crippen LogP) is -0.223. The van der Waals surface area contributed by atoms with Crippen LogP contribution in [0, 0.1) is 0 Å². The molecule has 2 heterocycles. The van der Waals surface area contributed by atoms with E-state index in [0.717, 1.165) is 0 Å². The van der Waals surface area contributed by atoms with Crippen molar-refractivity contribution in [3.05, 3.63) is 22.4 Å². The van der Waals surface area contributed by atoms with E-state index < -0.39 is 6.10 Å². The molecule has 0 bridgehead atoms. The summed E-state index contributed by atoms with van der Waals surface area (Å²) in [6.45, 7) is 0. The number of aromatic nitrogens is 6. The minimum atomic E-state index is -0.910. The first-order chi connectivity index (χ1) is 6.70. The number of H-pyrrole nitrogens is 1. The summed E-state index contributed by atoms with van der Waals surface area (Å²) in [6, 6.07) is 0. The molecule has 2 rings (SSSR count). The largest absolute Gasteiger partial charge is 0.379 e. The summed E-state index contributed by atoms with van der Waals surface area (Å²) in [4.78, 5) is 3.85. The molecule has 74 valence electrons. The van der Waals surface area contributed by atoms with Crippen molar-refractivity contribution in [3.8, 4) is 0 Å². The highest BCUT2D eigenvalue weighted by atomic mass is 79.9. The number of aryl methyl sites for hydroxylation is 1. The number of rotatable bonds is 2. The Labute approximate surface area is 87.3 Å². The Morgan fingerprint density at radius 1 is 1.64 bits per heavy atom. The van der Waals surface area contributed by atoms with E-state index in [1.807, 2.05) is 0 Å². The van der Waals surface area contributed by atoms with E-state index in [1.165, 1.54) is 11.0 Å². The zero-order chi connectivity index (χ0) is 10.1. The Morgan fingerprint density at radius 3 is 2.93 bits per heavy atom. The Bertz CT molecular complexity index is 404. The standard InChI is InChI=1S/C6H7BrN6O/c1-13-3(5(7)10-12-13)4(14)6-8-2-9-11-6/h2,4,14H,1H3,(H,8,9,11). The third-order valence-electron chi connectivity index (χ3n) is 1.78. The molecule has 0 fully saturated rings. The van der Waals surface area contributed by atoms with Crippen LogP contribution >= 0.6 is 15.9 Å². The van der Waals surface area contributed by atoms with Gasteiger partial charge in [-0.25, -0.2) is 9.67 Å². The molecule has 2 N–H and O–H groups in total. The minimum Gasteiger partial charge on any atom is -0.379 e. The van der Waals surface area contributed by atoms with Crippen molar-refractivity contribution < 1.29 is 5.11 Å². The van der Waals surface area contributed by atoms with Gasteiger partial charge in [0.1, 0.15) is 12.0 Å². The van der Waals surface area contributed by atoms with Gasteiger partial charge in [-0.2, -0.15) is 5.10 Å². The lowest BCUT2D eigenvalue weighted by molar-refractivity contribution is 0.199. The first-order valence-corrected chi connectivity index (χ1v) is 4.58. The van der Waals surface area contributed by atoms with Gasteiger partial charge in [0.15, 0.2) is 16.5 Å². The summed E-state index contributed by atoms with van der Waals surface area (Å²) >= 11 is 3.19. The average Bonchev–Trinajstić information content (AvgIpc) is 2.75. The lowest BCUT2D eigenvalue weighted by Crippen LogP contribution is -2.08. The van der Waals surface area contributed by atoms with Gasteiger partial charge in [-0.3, -0.25) is 5.10 Å². The van der Waals surface area contributed by atoms with Gasteiger partial charge in [0, 0.05) is 7.05 Å². The Morgan fingerprint density at radius 2 is 2.43 bits per heavy atom. The number of hydrogen-bond acceptors (Lipinski definition) is 5. The van der Waals surface area contributed by atoms with Crippen LogP contribution < -0.4 is 0 Å². The van der Waals surface area contributed by atoms with Gasteiger partial charge in [0.05, 0.1) is 0 Å². The fourth-order valence-electron chi connectivity index (χ4n) is 1.11. The monoisotopic (exact) mass is 258 g/mol. The third kappa shape index (κ3) is 1.42. The fraction of sp³-hybridized carbons (Fsp3) is 0.333. The Kier molecular flexibility index (Phi) is 2.30. The maximum Gasteiger partial charge on any atom is 0.159 e. The predicted molar refractivity (Wildman–Crippen MR) is 49.1 cm³/mol. The summed E-state index contributed by atoms with van der Waals surface area (Å²) in [5.41, 5.74) is 0.529. The lowest BCUT2D eigenvalue weighted by atomic mass is 10.2. The first kappa shape index (κ1) is 9.28. The SMILES string of the molecule is Cn1nnc(Br)c1C(O)c1ncn[nH]1. The van der Waals surface area contributed by atoms with Crippen molar-refractivity contribution in [3.63, 3.8) is 0 Å². The van der Waals surface area contributed by atoms with Crippen LogP contribution in [-0.2, 0) is 7.05 Å². The molecule has 0 aromatic carbocycles. The van der Waals surface area contributed by atoms with Gasteiger partial charge < -0.3 is 5.11 Å². The molecule has 0 saturated carbocycles. The topological polar surface area (TPSA) is 92.5 Å². The molecule has 0 spiro atoms. The summed E-state index contributed by atoms with van der Waals surface area (Å²) in [5, 5.41) is 23.6. The van der Waals surface area contributed by atoms with Crippen LogP contribution in [0.15, 0.2) is 10.9 Å². The van der Waals surface area contributed by atoms with E-state index in [9.17, 15) is 5.11 Å². The molecule has 7 nitrogen and oxygen atoms in total. The number of aliphatic hydroxyl groups is 1. The molecular weight excluding hydrogens is 252 g/mol. The molecule has 0 saturated heterocycles. The van der Waals surface area contributed by atoms with Gasteiger partial charge in [0.25, 0.3) is 0 Å². The van der Waals surface area contributed by atoms with E-state index in [1.54, 1.807) is 7.05 Å². The molecule has 8 heteroatoms. The van der Waals surface area contributed by atoms with Crippen molar-refractivity contribution >= 4 is 15.9 Å². The molecule has 0 aliphatic rings. The van der Waals surface area contributed by atoms with Crippen LogP contribution in [0.1, 0.15) is 17.6 Å². The Balaban J connectivity index is 2.41. The second kappa shape index (κ2) is 3.46. The number of nitrogens with one attached hydrogen (secondary N) is 1.